The molecule has 0 aliphatic rings. The predicted molar refractivity (Wildman–Crippen MR) is 92.4 cm³/mol. The fraction of sp³-hybridized carbons (Fsp3) is 0.263. The lowest BCUT2D eigenvalue weighted by atomic mass is 10.0. The lowest BCUT2D eigenvalue weighted by Gasteiger charge is -2.22. The molecule has 0 spiro atoms. The average molecular weight is 280 g/mol. The Kier molecular flexibility index (Phi) is 5.04. The minimum absolute atomic E-state index is 0.252. The maximum atomic E-state index is 4.11. The average Bonchev–Trinajstić information content (AvgIpc) is 2.55. The molecule has 0 radical (unpaired) electrons. The van der Waals surface area contributed by atoms with Crippen molar-refractivity contribution in [2.45, 2.75) is 26.3 Å². The second kappa shape index (κ2) is 6.98. The lowest BCUT2D eigenvalue weighted by molar-refractivity contribution is 0.877. The van der Waals surface area contributed by atoms with Crippen LogP contribution < -0.4 is 10.6 Å². The number of para-hydroxylation sites is 1. The van der Waals surface area contributed by atoms with Crippen LogP contribution >= 0.6 is 0 Å². The standard InChI is InChI=1S/C19H24N2/c1-5-16-12-9-13-18(15(3)20-4)19(16)21-14(2)17-10-7-6-8-11-17/h6-14,20-21H,3,5H2,1-2,4H3. The first-order valence-electron chi connectivity index (χ1n) is 7.47. The highest BCUT2D eigenvalue weighted by Crippen LogP contribution is 2.29. The van der Waals surface area contributed by atoms with E-state index in [2.05, 4.69) is 73.5 Å². The van der Waals surface area contributed by atoms with Crippen LogP contribution in [0.15, 0.2) is 55.1 Å². The van der Waals surface area contributed by atoms with Gasteiger partial charge in [0, 0.05) is 30.0 Å². The summed E-state index contributed by atoms with van der Waals surface area (Å²) in [5, 5.41) is 6.81. The van der Waals surface area contributed by atoms with E-state index in [1.807, 2.05) is 13.1 Å². The molecule has 0 saturated carbocycles. The first-order valence-corrected chi connectivity index (χ1v) is 7.47. The van der Waals surface area contributed by atoms with E-state index >= 15 is 0 Å². The Labute approximate surface area is 127 Å². The molecule has 110 valence electrons. The van der Waals surface area contributed by atoms with Gasteiger partial charge in [-0.1, -0.05) is 62.0 Å². The highest BCUT2D eigenvalue weighted by Gasteiger charge is 2.12. The molecule has 2 N–H and O–H groups in total. The zero-order valence-electron chi connectivity index (χ0n) is 13.1. The van der Waals surface area contributed by atoms with E-state index < -0.39 is 0 Å². The summed E-state index contributed by atoms with van der Waals surface area (Å²) in [6.07, 6.45) is 0.995. The molecule has 0 aliphatic heterocycles. The van der Waals surface area contributed by atoms with Crippen LogP contribution in [0.25, 0.3) is 5.70 Å². The topological polar surface area (TPSA) is 24.1 Å². The summed E-state index contributed by atoms with van der Waals surface area (Å²) in [6.45, 7) is 8.48. The fourth-order valence-electron chi connectivity index (χ4n) is 2.49. The molecule has 2 nitrogen and oxygen atoms in total. The summed E-state index contributed by atoms with van der Waals surface area (Å²) < 4.78 is 0. The largest absolute Gasteiger partial charge is 0.388 e. The van der Waals surface area contributed by atoms with Crippen molar-refractivity contribution in [2.75, 3.05) is 12.4 Å². The molecule has 0 saturated heterocycles. The maximum Gasteiger partial charge on any atom is 0.0485 e. The third kappa shape index (κ3) is 3.46. The van der Waals surface area contributed by atoms with Gasteiger partial charge in [-0.05, 0) is 24.5 Å². The molecule has 0 fully saturated rings. The van der Waals surface area contributed by atoms with Crippen molar-refractivity contribution in [2.24, 2.45) is 0 Å². The monoisotopic (exact) mass is 280 g/mol. The zero-order valence-corrected chi connectivity index (χ0v) is 13.1. The molecule has 2 heteroatoms. The van der Waals surface area contributed by atoms with E-state index in [-0.39, 0.29) is 6.04 Å². The molecule has 0 heterocycles. The third-order valence-electron chi connectivity index (χ3n) is 3.82. The molecule has 1 unspecified atom stereocenters. The zero-order chi connectivity index (χ0) is 15.2. The van der Waals surface area contributed by atoms with Crippen LogP contribution in [0.4, 0.5) is 5.69 Å². The highest BCUT2D eigenvalue weighted by molar-refractivity contribution is 5.76. The number of anilines is 1. The highest BCUT2D eigenvalue weighted by atomic mass is 14.9. The summed E-state index contributed by atoms with van der Waals surface area (Å²) >= 11 is 0. The van der Waals surface area contributed by atoms with Crippen LogP contribution in [0.2, 0.25) is 0 Å². The summed E-state index contributed by atoms with van der Waals surface area (Å²) in [6, 6.07) is 17.1. The van der Waals surface area contributed by atoms with Crippen LogP contribution in [0.5, 0.6) is 0 Å². The minimum atomic E-state index is 0.252. The number of nitrogens with one attached hydrogen (secondary N) is 2. The van der Waals surface area contributed by atoms with Gasteiger partial charge in [-0.3, -0.25) is 0 Å². The van der Waals surface area contributed by atoms with Crippen LogP contribution in [-0.2, 0) is 6.42 Å². The van der Waals surface area contributed by atoms with E-state index in [0.29, 0.717) is 0 Å². The van der Waals surface area contributed by atoms with Gasteiger partial charge in [-0.25, -0.2) is 0 Å². The Morgan fingerprint density at radius 1 is 1.10 bits per heavy atom. The Bertz CT molecular complexity index is 602. The van der Waals surface area contributed by atoms with Gasteiger partial charge in [0.1, 0.15) is 0 Å². The van der Waals surface area contributed by atoms with Crippen molar-refractivity contribution in [1.29, 1.82) is 0 Å². The lowest BCUT2D eigenvalue weighted by Crippen LogP contribution is -2.12. The van der Waals surface area contributed by atoms with Crippen molar-refractivity contribution in [1.82, 2.24) is 5.32 Å². The fourth-order valence-corrected chi connectivity index (χ4v) is 2.49. The maximum absolute atomic E-state index is 4.11. The smallest absolute Gasteiger partial charge is 0.0485 e. The van der Waals surface area contributed by atoms with Gasteiger partial charge in [0.2, 0.25) is 0 Å². The van der Waals surface area contributed by atoms with E-state index in [4.69, 9.17) is 0 Å². The summed E-state index contributed by atoms with van der Waals surface area (Å²) in [4.78, 5) is 0. The van der Waals surface area contributed by atoms with Crippen LogP contribution in [-0.4, -0.2) is 7.05 Å². The van der Waals surface area contributed by atoms with E-state index in [1.165, 1.54) is 16.8 Å². The Morgan fingerprint density at radius 3 is 2.43 bits per heavy atom. The molecule has 0 amide bonds. The van der Waals surface area contributed by atoms with E-state index in [1.54, 1.807) is 0 Å². The molecule has 0 aliphatic carbocycles. The Balaban J connectivity index is 2.36. The summed E-state index contributed by atoms with van der Waals surface area (Å²) in [5.41, 5.74) is 5.85. The van der Waals surface area contributed by atoms with Crippen molar-refractivity contribution in [3.63, 3.8) is 0 Å². The van der Waals surface area contributed by atoms with Crippen molar-refractivity contribution < 1.29 is 0 Å². The van der Waals surface area contributed by atoms with Gasteiger partial charge in [0.25, 0.3) is 0 Å². The first kappa shape index (κ1) is 15.2. The molecule has 2 rings (SSSR count). The summed E-state index contributed by atoms with van der Waals surface area (Å²) in [5.74, 6) is 0. The molecule has 0 bridgehead atoms. The van der Waals surface area contributed by atoms with E-state index in [9.17, 15) is 0 Å². The third-order valence-corrected chi connectivity index (χ3v) is 3.82. The predicted octanol–water partition coefficient (Wildman–Crippen LogP) is 4.61. The molecule has 1 atom stereocenters. The van der Waals surface area contributed by atoms with Gasteiger partial charge in [0.15, 0.2) is 0 Å². The quantitative estimate of drug-likeness (QED) is 0.807. The molecular formula is C19H24N2. The minimum Gasteiger partial charge on any atom is -0.388 e. The first-order chi connectivity index (χ1) is 10.2. The number of hydrogen-bond acceptors (Lipinski definition) is 2. The van der Waals surface area contributed by atoms with E-state index in [0.717, 1.165) is 17.7 Å². The molecular weight excluding hydrogens is 256 g/mol. The molecule has 2 aromatic carbocycles. The van der Waals surface area contributed by atoms with Gasteiger partial charge < -0.3 is 10.6 Å². The van der Waals surface area contributed by atoms with Crippen molar-refractivity contribution in [3.05, 3.63) is 71.8 Å². The Morgan fingerprint density at radius 2 is 1.81 bits per heavy atom. The van der Waals surface area contributed by atoms with Crippen molar-refractivity contribution >= 4 is 11.4 Å². The van der Waals surface area contributed by atoms with Gasteiger partial charge in [-0.15, -0.1) is 0 Å². The summed E-state index contributed by atoms with van der Waals surface area (Å²) in [7, 11) is 1.91. The number of hydrogen-bond donors (Lipinski definition) is 2. The van der Waals surface area contributed by atoms with Crippen LogP contribution in [0.1, 0.15) is 36.6 Å². The second-order valence-electron chi connectivity index (χ2n) is 5.20. The van der Waals surface area contributed by atoms with Gasteiger partial charge in [-0.2, -0.15) is 0 Å². The normalized spacial score (nSPS) is 11.8. The molecule has 21 heavy (non-hydrogen) atoms. The van der Waals surface area contributed by atoms with Crippen LogP contribution in [0, 0.1) is 0 Å². The van der Waals surface area contributed by atoms with Crippen LogP contribution in [0.3, 0.4) is 0 Å². The van der Waals surface area contributed by atoms with Gasteiger partial charge in [0.05, 0.1) is 0 Å². The second-order valence-corrected chi connectivity index (χ2v) is 5.20. The van der Waals surface area contributed by atoms with Crippen molar-refractivity contribution in [3.8, 4) is 0 Å². The van der Waals surface area contributed by atoms with Gasteiger partial charge >= 0.3 is 0 Å². The number of rotatable bonds is 6. The molecule has 0 aromatic heterocycles. The number of aryl methyl sites for hydroxylation is 1. The molecule has 2 aromatic rings. The Hall–Kier alpha value is -2.22. The number of benzene rings is 2. The SMILES string of the molecule is C=C(NC)c1cccc(CC)c1NC(C)c1ccccc1.